The monoisotopic (exact) mass is 343 g/mol. The van der Waals surface area contributed by atoms with Crippen molar-refractivity contribution in [3.05, 3.63) is 63.2 Å². The molecule has 7 heteroatoms. The number of nitro benzene ring substituents is 1. The Kier molecular flexibility index (Phi) is 5.38. The van der Waals surface area contributed by atoms with Crippen molar-refractivity contribution >= 4 is 23.3 Å². The maximum atomic E-state index is 11.6. The molecule has 0 aromatic heterocycles. The first kappa shape index (κ1) is 18.0. The number of nitrogens with zero attached hydrogens (tertiary/aromatic N) is 1. The molecule has 0 saturated carbocycles. The zero-order valence-electron chi connectivity index (χ0n) is 13.7. The standard InChI is InChI=1S/C18H17NO6/c1-3-25-16-10-12(9-15(17(16)20)19(23)24)8-14(18(21)22)13-6-4-11(2)5-7-13/h4-10,20H,3H2,1-2H3,(H,21,22)/b14-8-. The van der Waals surface area contributed by atoms with E-state index in [4.69, 9.17) is 4.74 Å². The minimum absolute atomic E-state index is 0.0255. The largest absolute Gasteiger partial charge is 0.500 e. The number of benzene rings is 2. The minimum Gasteiger partial charge on any atom is -0.500 e. The van der Waals surface area contributed by atoms with Gasteiger partial charge >= 0.3 is 11.7 Å². The fraction of sp³-hybridized carbons (Fsp3) is 0.167. The van der Waals surface area contributed by atoms with Gasteiger partial charge in [0.2, 0.25) is 5.75 Å². The van der Waals surface area contributed by atoms with Crippen LogP contribution < -0.4 is 4.74 Å². The molecule has 0 unspecified atom stereocenters. The molecule has 25 heavy (non-hydrogen) atoms. The molecule has 0 bridgehead atoms. The highest BCUT2D eigenvalue weighted by molar-refractivity contribution is 6.20. The van der Waals surface area contributed by atoms with Crippen molar-refractivity contribution in [1.29, 1.82) is 0 Å². The Labute approximate surface area is 144 Å². The predicted octanol–water partition coefficient (Wildman–Crippen LogP) is 3.63. The van der Waals surface area contributed by atoms with Gasteiger partial charge in [-0.1, -0.05) is 29.8 Å². The third-order valence-corrected chi connectivity index (χ3v) is 3.48. The molecule has 2 aromatic carbocycles. The molecule has 0 aliphatic carbocycles. The van der Waals surface area contributed by atoms with Crippen LogP contribution in [-0.4, -0.2) is 27.7 Å². The van der Waals surface area contributed by atoms with E-state index in [1.807, 2.05) is 6.92 Å². The van der Waals surface area contributed by atoms with E-state index >= 15 is 0 Å². The van der Waals surface area contributed by atoms with Crippen molar-refractivity contribution in [2.75, 3.05) is 6.61 Å². The summed E-state index contributed by atoms with van der Waals surface area (Å²) in [5.74, 6) is -1.83. The maximum absolute atomic E-state index is 11.6. The van der Waals surface area contributed by atoms with Crippen LogP contribution >= 0.6 is 0 Å². The fourth-order valence-electron chi connectivity index (χ4n) is 2.27. The van der Waals surface area contributed by atoms with Gasteiger partial charge < -0.3 is 14.9 Å². The van der Waals surface area contributed by atoms with Gasteiger partial charge in [0, 0.05) is 6.07 Å². The van der Waals surface area contributed by atoms with Gasteiger partial charge in [0.1, 0.15) is 0 Å². The van der Waals surface area contributed by atoms with Crippen LogP contribution in [0.4, 0.5) is 5.69 Å². The van der Waals surface area contributed by atoms with Crippen molar-refractivity contribution in [3.8, 4) is 11.5 Å². The van der Waals surface area contributed by atoms with E-state index in [-0.39, 0.29) is 23.5 Å². The van der Waals surface area contributed by atoms with Crippen molar-refractivity contribution in [2.45, 2.75) is 13.8 Å². The zero-order valence-corrected chi connectivity index (χ0v) is 13.7. The van der Waals surface area contributed by atoms with E-state index in [9.17, 15) is 25.1 Å². The third-order valence-electron chi connectivity index (χ3n) is 3.48. The molecule has 0 heterocycles. The van der Waals surface area contributed by atoms with Crippen molar-refractivity contribution < 1.29 is 24.7 Å². The van der Waals surface area contributed by atoms with Crippen molar-refractivity contribution in [1.82, 2.24) is 0 Å². The second kappa shape index (κ2) is 7.48. The first-order valence-corrected chi connectivity index (χ1v) is 7.49. The molecule has 0 atom stereocenters. The van der Waals surface area contributed by atoms with E-state index in [0.717, 1.165) is 11.6 Å². The Morgan fingerprint density at radius 2 is 1.92 bits per heavy atom. The molecular formula is C18H17NO6. The highest BCUT2D eigenvalue weighted by Gasteiger charge is 2.20. The van der Waals surface area contributed by atoms with E-state index in [1.165, 1.54) is 12.1 Å². The third kappa shape index (κ3) is 4.14. The molecule has 0 amide bonds. The van der Waals surface area contributed by atoms with Gasteiger partial charge in [-0.05, 0) is 37.1 Å². The molecule has 130 valence electrons. The summed E-state index contributed by atoms with van der Waals surface area (Å²) in [5, 5.41) is 30.5. The van der Waals surface area contributed by atoms with E-state index in [0.29, 0.717) is 5.56 Å². The second-order valence-electron chi connectivity index (χ2n) is 5.31. The van der Waals surface area contributed by atoms with Crippen LogP contribution in [0.25, 0.3) is 11.6 Å². The number of aliphatic carboxylic acids is 1. The lowest BCUT2D eigenvalue weighted by Gasteiger charge is -2.09. The summed E-state index contributed by atoms with van der Waals surface area (Å²) >= 11 is 0. The lowest BCUT2D eigenvalue weighted by Crippen LogP contribution is -2.00. The summed E-state index contributed by atoms with van der Waals surface area (Å²) in [7, 11) is 0. The Hall–Kier alpha value is -3.35. The molecule has 2 N–H and O–H groups in total. The van der Waals surface area contributed by atoms with Crippen LogP contribution in [0.15, 0.2) is 36.4 Å². The summed E-state index contributed by atoms with van der Waals surface area (Å²) in [4.78, 5) is 22.0. The predicted molar refractivity (Wildman–Crippen MR) is 92.6 cm³/mol. The summed E-state index contributed by atoms with van der Waals surface area (Å²) in [6.07, 6.45) is 1.31. The molecule has 0 spiro atoms. The average Bonchev–Trinajstić information content (AvgIpc) is 2.56. The SMILES string of the molecule is CCOc1cc(/C=C(\C(=O)O)c2ccc(C)cc2)cc([N+](=O)[O-])c1O. The van der Waals surface area contributed by atoms with Gasteiger partial charge in [-0.25, -0.2) is 4.79 Å². The van der Waals surface area contributed by atoms with Gasteiger partial charge in [-0.15, -0.1) is 0 Å². The summed E-state index contributed by atoms with van der Waals surface area (Å²) < 4.78 is 5.20. The number of phenolic OH excluding ortho intramolecular Hbond substituents is 1. The Bertz CT molecular complexity index is 839. The van der Waals surface area contributed by atoms with Crippen LogP contribution in [0.5, 0.6) is 11.5 Å². The van der Waals surface area contributed by atoms with Crippen molar-refractivity contribution in [3.63, 3.8) is 0 Å². The summed E-state index contributed by atoms with van der Waals surface area (Å²) in [6.45, 7) is 3.75. The molecule has 0 fully saturated rings. The van der Waals surface area contributed by atoms with Gasteiger partial charge in [-0.3, -0.25) is 10.1 Å². The van der Waals surface area contributed by atoms with Crippen LogP contribution in [0.3, 0.4) is 0 Å². The van der Waals surface area contributed by atoms with E-state index in [2.05, 4.69) is 0 Å². The first-order chi connectivity index (χ1) is 11.8. The van der Waals surface area contributed by atoms with Gasteiger partial charge in [0.25, 0.3) is 0 Å². The number of nitro groups is 1. The number of ether oxygens (including phenoxy) is 1. The molecule has 7 nitrogen and oxygen atoms in total. The van der Waals surface area contributed by atoms with Crippen LogP contribution in [-0.2, 0) is 4.79 Å². The smallest absolute Gasteiger partial charge is 0.336 e. The molecule has 0 aliphatic heterocycles. The number of carboxylic acids is 1. The Morgan fingerprint density at radius 1 is 1.28 bits per heavy atom. The maximum Gasteiger partial charge on any atom is 0.336 e. The van der Waals surface area contributed by atoms with E-state index < -0.39 is 22.3 Å². The first-order valence-electron chi connectivity index (χ1n) is 7.49. The lowest BCUT2D eigenvalue weighted by atomic mass is 10.0. The number of hydrogen-bond acceptors (Lipinski definition) is 5. The fourth-order valence-corrected chi connectivity index (χ4v) is 2.27. The van der Waals surface area contributed by atoms with E-state index in [1.54, 1.807) is 31.2 Å². The highest BCUT2D eigenvalue weighted by Crippen LogP contribution is 2.38. The molecule has 0 saturated heterocycles. The molecule has 2 rings (SSSR count). The molecule has 0 radical (unpaired) electrons. The Morgan fingerprint density at radius 3 is 2.44 bits per heavy atom. The van der Waals surface area contributed by atoms with Gasteiger partial charge in [0.05, 0.1) is 17.1 Å². The van der Waals surface area contributed by atoms with Crippen LogP contribution in [0, 0.1) is 17.0 Å². The second-order valence-corrected chi connectivity index (χ2v) is 5.31. The minimum atomic E-state index is -1.17. The number of rotatable bonds is 6. The van der Waals surface area contributed by atoms with Crippen LogP contribution in [0.2, 0.25) is 0 Å². The summed E-state index contributed by atoms with van der Waals surface area (Å²) in [5.41, 5.74) is 1.11. The zero-order chi connectivity index (χ0) is 18.6. The number of aryl methyl sites for hydroxylation is 1. The van der Waals surface area contributed by atoms with Gasteiger partial charge in [-0.2, -0.15) is 0 Å². The highest BCUT2D eigenvalue weighted by atomic mass is 16.6. The number of carboxylic acid groups (broad SMARTS) is 1. The molecular weight excluding hydrogens is 326 g/mol. The molecule has 0 aliphatic rings. The normalized spacial score (nSPS) is 11.2. The Balaban J connectivity index is 2.61. The number of aromatic hydroxyl groups is 1. The number of hydrogen-bond donors (Lipinski definition) is 2. The number of phenols is 1. The topological polar surface area (TPSA) is 110 Å². The number of carbonyl (C=O) groups is 1. The van der Waals surface area contributed by atoms with Crippen molar-refractivity contribution in [2.24, 2.45) is 0 Å². The molecule has 2 aromatic rings. The average molecular weight is 343 g/mol. The van der Waals surface area contributed by atoms with Crippen LogP contribution in [0.1, 0.15) is 23.6 Å². The summed E-state index contributed by atoms with van der Waals surface area (Å²) in [6, 6.07) is 9.34. The van der Waals surface area contributed by atoms with Gasteiger partial charge in [0.15, 0.2) is 5.75 Å². The quantitative estimate of drug-likeness (QED) is 0.359. The lowest BCUT2D eigenvalue weighted by molar-refractivity contribution is -0.386.